The molecule has 1 saturated heterocycles. The Hall–Kier alpha value is -0.810. The summed E-state index contributed by atoms with van der Waals surface area (Å²) in [5.74, 6) is 0. The van der Waals surface area contributed by atoms with Crippen LogP contribution in [0.2, 0.25) is 0 Å². The zero-order valence-electron chi connectivity index (χ0n) is 12.1. The van der Waals surface area contributed by atoms with Crippen molar-refractivity contribution in [1.82, 2.24) is 10.2 Å². The molecule has 1 amide bonds. The molecule has 18 heavy (non-hydrogen) atoms. The van der Waals surface area contributed by atoms with E-state index in [9.17, 15) is 9.90 Å². The van der Waals surface area contributed by atoms with Crippen molar-refractivity contribution in [2.45, 2.75) is 71.4 Å². The van der Waals surface area contributed by atoms with Crippen molar-refractivity contribution in [3.05, 3.63) is 0 Å². The van der Waals surface area contributed by atoms with E-state index in [0.29, 0.717) is 6.54 Å². The van der Waals surface area contributed by atoms with E-state index < -0.39 is 11.8 Å². The average molecular weight is 258 g/mol. The van der Waals surface area contributed by atoms with Crippen molar-refractivity contribution in [3.8, 4) is 0 Å². The summed E-state index contributed by atoms with van der Waals surface area (Å²) in [6.45, 7) is 10.1. The summed E-state index contributed by atoms with van der Waals surface area (Å²) in [5, 5.41) is 13.1. The molecular formula is C13H26N2O3. The fourth-order valence-electron chi connectivity index (χ4n) is 2.12. The van der Waals surface area contributed by atoms with Crippen molar-refractivity contribution in [2.24, 2.45) is 0 Å². The minimum Gasteiger partial charge on any atom is -0.444 e. The molecule has 2 atom stereocenters. The smallest absolute Gasteiger partial charge is 0.410 e. The molecule has 0 bridgehead atoms. The summed E-state index contributed by atoms with van der Waals surface area (Å²) < 4.78 is 5.36. The molecule has 2 N–H and O–H groups in total. The summed E-state index contributed by atoms with van der Waals surface area (Å²) in [5.41, 5.74) is -0.499. The Morgan fingerprint density at radius 3 is 2.56 bits per heavy atom. The fraction of sp³-hybridized carbons (Fsp3) is 0.923. The van der Waals surface area contributed by atoms with Gasteiger partial charge in [0, 0.05) is 12.6 Å². The number of ether oxygens (including phenoxy) is 1. The normalized spacial score (nSPS) is 22.4. The largest absolute Gasteiger partial charge is 0.444 e. The monoisotopic (exact) mass is 258 g/mol. The molecule has 0 aromatic heterocycles. The molecule has 0 aromatic carbocycles. The molecule has 106 valence electrons. The second-order valence-electron chi connectivity index (χ2n) is 6.15. The third-order valence-corrected chi connectivity index (χ3v) is 2.80. The number of aliphatic hydroxyl groups is 1. The van der Waals surface area contributed by atoms with Crippen LogP contribution in [0.15, 0.2) is 0 Å². The van der Waals surface area contributed by atoms with Gasteiger partial charge in [0.15, 0.2) is 0 Å². The molecule has 1 aliphatic rings. The van der Waals surface area contributed by atoms with Crippen LogP contribution >= 0.6 is 0 Å². The summed E-state index contributed by atoms with van der Waals surface area (Å²) in [6, 6.07) is -0.0108. The maximum Gasteiger partial charge on any atom is 0.410 e. The molecule has 0 saturated carbocycles. The van der Waals surface area contributed by atoms with Gasteiger partial charge in [-0.2, -0.15) is 0 Å². The Morgan fingerprint density at radius 1 is 1.44 bits per heavy atom. The quantitative estimate of drug-likeness (QED) is 0.756. The van der Waals surface area contributed by atoms with Crippen LogP contribution in [-0.2, 0) is 4.74 Å². The lowest BCUT2D eigenvalue weighted by molar-refractivity contribution is -0.00311. The molecular weight excluding hydrogens is 232 g/mol. The highest BCUT2D eigenvalue weighted by Gasteiger charge is 2.36. The van der Waals surface area contributed by atoms with E-state index in [-0.39, 0.29) is 18.2 Å². The molecule has 0 aliphatic carbocycles. The number of aliphatic hydroxyl groups excluding tert-OH is 1. The second-order valence-corrected chi connectivity index (χ2v) is 6.15. The van der Waals surface area contributed by atoms with E-state index in [1.54, 1.807) is 4.90 Å². The van der Waals surface area contributed by atoms with Gasteiger partial charge >= 0.3 is 6.09 Å². The van der Waals surface area contributed by atoms with Gasteiger partial charge in [-0.3, -0.25) is 5.32 Å². The first kappa shape index (κ1) is 15.2. The number of amides is 1. The Kier molecular flexibility index (Phi) is 4.99. The molecule has 2 unspecified atom stereocenters. The lowest BCUT2D eigenvalue weighted by Gasteiger charge is -2.32. The first-order valence-corrected chi connectivity index (χ1v) is 6.64. The maximum absolute atomic E-state index is 12.0. The number of likely N-dealkylation sites (tertiary alicyclic amines) is 1. The van der Waals surface area contributed by atoms with Crippen LogP contribution in [0.25, 0.3) is 0 Å². The number of hydrogen-bond acceptors (Lipinski definition) is 4. The van der Waals surface area contributed by atoms with Gasteiger partial charge in [0.05, 0.1) is 6.04 Å². The van der Waals surface area contributed by atoms with Crippen LogP contribution in [-0.4, -0.2) is 46.6 Å². The predicted octanol–water partition coefficient (Wildman–Crippen LogP) is 1.70. The number of hydrogen-bond donors (Lipinski definition) is 2. The number of rotatable bonds is 3. The predicted molar refractivity (Wildman–Crippen MR) is 70.2 cm³/mol. The van der Waals surface area contributed by atoms with E-state index in [2.05, 4.69) is 5.32 Å². The van der Waals surface area contributed by atoms with Crippen LogP contribution in [0.1, 0.15) is 47.5 Å². The summed E-state index contributed by atoms with van der Waals surface area (Å²) >= 11 is 0. The highest BCUT2D eigenvalue weighted by atomic mass is 16.6. The van der Waals surface area contributed by atoms with Crippen LogP contribution in [0.5, 0.6) is 0 Å². The van der Waals surface area contributed by atoms with Crippen molar-refractivity contribution in [3.63, 3.8) is 0 Å². The Morgan fingerprint density at radius 2 is 2.06 bits per heavy atom. The Labute approximate surface area is 109 Å². The van der Waals surface area contributed by atoms with Gasteiger partial charge in [-0.25, -0.2) is 4.79 Å². The first-order chi connectivity index (χ1) is 8.20. The van der Waals surface area contributed by atoms with Crippen LogP contribution in [0.3, 0.4) is 0 Å². The molecule has 1 aliphatic heterocycles. The lowest BCUT2D eigenvalue weighted by atomic mass is 10.2. The van der Waals surface area contributed by atoms with E-state index >= 15 is 0 Å². The molecule has 0 aromatic rings. The topological polar surface area (TPSA) is 61.8 Å². The summed E-state index contributed by atoms with van der Waals surface area (Å²) in [4.78, 5) is 13.7. The van der Waals surface area contributed by atoms with Crippen LogP contribution < -0.4 is 5.32 Å². The first-order valence-electron chi connectivity index (χ1n) is 6.64. The summed E-state index contributed by atoms with van der Waals surface area (Å²) in [6.07, 6.45) is 0.676. The highest BCUT2D eigenvalue weighted by molar-refractivity contribution is 5.69. The van der Waals surface area contributed by atoms with Crippen LogP contribution in [0.4, 0.5) is 4.79 Å². The second kappa shape index (κ2) is 5.89. The molecule has 1 heterocycles. The zero-order chi connectivity index (χ0) is 13.9. The standard InChI is InChI=1S/C13H26N2O3/c1-9(2)14-11(16)10-7-6-8-15(10)12(17)18-13(3,4)5/h9-11,14,16H,6-8H2,1-5H3. The van der Waals surface area contributed by atoms with E-state index in [0.717, 1.165) is 12.8 Å². The molecule has 5 nitrogen and oxygen atoms in total. The van der Waals surface area contributed by atoms with Crippen molar-refractivity contribution in [2.75, 3.05) is 6.54 Å². The van der Waals surface area contributed by atoms with Gasteiger partial charge in [0.25, 0.3) is 0 Å². The van der Waals surface area contributed by atoms with E-state index in [1.165, 1.54) is 0 Å². The molecule has 5 heteroatoms. The minimum atomic E-state index is -0.694. The van der Waals surface area contributed by atoms with Crippen molar-refractivity contribution < 1.29 is 14.6 Å². The highest BCUT2D eigenvalue weighted by Crippen LogP contribution is 2.22. The van der Waals surface area contributed by atoms with Crippen LogP contribution in [0, 0.1) is 0 Å². The molecule has 1 rings (SSSR count). The van der Waals surface area contributed by atoms with E-state index in [4.69, 9.17) is 4.74 Å². The zero-order valence-corrected chi connectivity index (χ0v) is 12.1. The Bertz CT molecular complexity index is 286. The van der Waals surface area contributed by atoms with Gasteiger partial charge in [-0.15, -0.1) is 0 Å². The van der Waals surface area contributed by atoms with Gasteiger partial charge < -0.3 is 14.7 Å². The number of carbonyl (C=O) groups excluding carboxylic acids is 1. The molecule has 0 radical (unpaired) electrons. The van der Waals surface area contributed by atoms with Gasteiger partial charge in [0.2, 0.25) is 0 Å². The van der Waals surface area contributed by atoms with Gasteiger partial charge in [-0.05, 0) is 47.5 Å². The third-order valence-electron chi connectivity index (χ3n) is 2.80. The summed E-state index contributed by atoms with van der Waals surface area (Å²) in [7, 11) is 0. The van der Waals surface area contributed by atoms with Gasteiger partial charge in [-0.1, -0.05) is 0 Å². The molecule has 1 fully saturated rings. The third kappa shape index (κ3) is 4.46. The average Bonchev–Trinajstić information content (AvgIpc) is 2.61. The maximum atomic E-state index is 12.0. The van der Waals surface area contributed by atoms with E-state index in [1.807, 2.05) is 34.6 Å². The molecule has 0 spiro atoms. The Balaban J connectivity index is 2.61. The number of nitrogens with zero attached hydrogens (tertiary/aromatic N) is 1. The van der Waals surface area contributed by atoms with Crippen molar-refractivity contribution >= 4 is 6.09 Å². The lowest BCUT2D eigenvalue weighted by Crippen LogP contribution is -2.51. The minimum absolute atomic E-state index is 0.182. The fourth-order valence-corrected chi connectivity index (χ4v) is 2.12. The van der Waals surface area contributed by atoms with Gasteiger partial charge in [0.1, 0.15) is 11.8 Å². The SMILES string of the molecule is CC(C)NC(O)C1CCCN1C(=O)OC(C)(C)C. The number of nitrogens with one attached hydrogen (secondary N) is 1. The van der Waals surface area contributed by atoms with Crippen molar-refractivity contribution in [1.29, 1.82) is 0 Å². The number of carbonyl (C=O) groups is 1.